The SMILES string of the molecule is C/C=C(\c1ccc(OCCCC)cc1)c1ccc(N2CCCCC2)cc1. The third kappa shape index (κ3) is 4.69. The van der Waals surface area contributed by atoms with Crippen molar-refractivity contribution in [1.82, 2.24) is 0 Å². The third-order valence-electron chi connectivity index (χ3n) is 5.12. The first-order chi connectivity index (χ1) is 12.8. The van der Waals surface area contributed by atoms with Crippen molar-refractivity contribution in [2.75, 3.05) is 24.6 Å². The fourth-order valence-corrected chi connectivity index (χ4v) is 3.57. The summed E-state index contributed by atoms with van der Waals surface area (Å²) in [6, 6.07) is 17.5. The van der Waals surface area contributed by atoms with E-state index in [1.807, 2.05) is 0 Å². The first-order valence-electron chi connectivity index (χ1n) is 10.1. The van der Waals surface area contributed by atoms with Crippen LogP contribution in [0.5, 0.6) is 5.75 Å². The Morgan fingerprint density at radius 2 is 1.54 bits per heavy atom. The summed E-state index contributed by atoms with van der Waals surface area (Å²) in [7, 11) is 0. The van der Waals surface area contributed by atoms with Gasteiger partial charge >= 0.3 is 0 Å². The molecule has 1 aliphatic heterocycles. The lowest BCUT2D eigenvalue weighted by Crippen LogP contribution is -2.29. The summed E-state index contributed by atoms with van der Waals surface area (Å²) < 4.78 is 5.78. The number of anilines is 1. The molecule has 0 radical (unpaired) electrons. The zero-order chi connectivity index (χ0) is 18.2. The molecule has 1 aliphatic rings. The molecule has 2 aromatic carbocycles. The fraction of sp³-hybridized carbons (Fsp3) is 0.417. The van der Waals surface area contributed by atoms with Crippen molar-refractivity contribution in [3.63, 3.8) is 0 Å². The van der Waals surface area contributed by atoms with Gasteiger partial charge in [0.25, 0.3) is 0 Å². The average Bonchev–Trinajstić information content (AvgIpc) is 2.71. The number of ether oxygens (including phenoxy) is 1. The van der Waals surface area contributed by atoms with Crippen LogP contribution >= 0.6 is 0 Å². The predicted octanol–water partition coefficient (Wildman–Crippen LogP) is 6.31. The molecule has 0 aliphatic carbocycles. The summed E-state index contributed by atoms with van der Waals surface area (Å²) in [6.45, 7) is 7.47. The summed E-state index contributed by atoms with van der Waals surface area (Å²) >= 11 is 0. The van der Waals surface area contributed by atoms with Crippen LogP contribution in [-0.4, -0.2) is 19.7 Å². The molecule has 3 rings (SSSR count). The molecule has 0 unspecified atom stereocenters. The maximum Gasteiger partial charge on any atom is 0.119 e. The third-order valence-corrected chi connectivity index (χ3v) is 5.12. The van der Waals surface area contributed by atoms with E-state index in [2.05, 4.69) is 73.4 Å². The molecular weight excluding hydrogens is 318 g/mol. The number of unbranched alkanes of at least 4 members (excludes halogenated alkanes) is 1. The van der Waals surface area contributed by atoms with E-state index in [-0.39, 0.29) is 0 Å². The van der Waals surface area contributed by atoms with Crippen LogP contribution in [0.3, 0.4) is 0 Å². The van der Waals surface area contributed by atoms with E-state index in [0.717, 1.165) is 25.2 Å². The van der Waals surface area contributed by atoms with E-state index in [0.29, 0.717) is 0 Å². The van der Waals surface area contributed by atoms with Crippen molar-refractivity contribution in [3.05, 3.63) is 65.7 Å². The van der Waals surface area contributed by atoms with E-state index in [4.69, 9.17) is 4.74 Å². The maximum absolute atomic E-state index is 5.78. The monoisotopic (exact) mass is 349 g/mol. The normalized spacial score (nSPS) is 15.2. The Kier molecular flexibility index (Phi) is 6.76. The predicted molar refractivity (Wildman–Crippen MR) is 112 cm³/mol. The van der Waals surface area contributed by atoms with Crippen molar-refractivity contribution in [1.29, 1.82) is 0 Å². The second-order valence-corrected chi connectivity index (χ2v) is 7.02. The Morgan fingerprint density at radius 3 is 2.12 bits per heavy atom. The minimum atomic E-state index is 0.796. The molecule has 0 saturated carbocycles. The van der Waals surface area contributed by atoms with Gasteiger partial charge < -0.3 is 9.64 Å². The van der Waals surface area contributed by atoms with Crippen molar-refractivity contribution in [2.24, 2.45) is 0 Å². The molecule has 2 heteroatoms. The number of allylic oxidation sites excluding steroid dienone is 1. The molecule has 2 nitrogen and oxygen atoms in total. The van der Waals surface area contributed by atoms with Crippen molar-refractivity contribution in [3.8, 4) is 5.75 Å². The molecule has 0 spiro atoms. The summed E-state index contributed by atoms with van der Waals surface area (Å²) in [5.41, 5.74) is 5.13. The summed E-state index contributed by atoms with van der Waals surface area (Å²) in [4.78, 5) is 2.51. The Morgan fingerprint density at radius 1 is 0.923 bits per heavy atom. The van der Waals surface area contributed by atoms with E-state index < -0.39 is 0 Å². The highest BCUT2D eigenvalue weighted by Crippen LogP contribution is 2.28. The number of piperidine rings is 1. The molecule has 0 N–H and O–H groups in total. The van der Waals surface area contributed by atoms with E-state index in [1.165, 1.54) is 54.7 Å². The lowest BCUT2D eigenvalue weighted by molar-refractivity contribution is 0.309. The van der Waals surface area contributed by atoms with Gasteiger partial charge in [0.15, 0.2) is 0 Å². The number of hydrogen-bond acceptors (Lipinski definition) is 2. The van der Waals surface area contributed by atoms with Crippen LogP contribution in [0.2, 0.25) is 0 Å². The van der Waals surface area contributed by atoms with Crippen LogP contribution < -0.4 is 9.64 Å². The second-order valence-electron chi connectivity index (χ2n) is 7.02. The zero-order valence-corrected chi connectivity index (χ0v) is 16.2. The maximum atomic E-state index is 5.78. The van der Waals surface area contributed by atoms with Gasteiger partial charge in [-0.25, -0.2) is 0 Å². The highest BCUT2D eigenvalue weighted by Gasteiger charge is 2.11. The quantitative estimate of drug-likeness (QED) is 0.543. The topological polar surface area (TPSA) is 12.5 Å². The zero-order valence-electron chi connectivity index (χ0n) is 16.2. The largest absolute Gasteiger partial charge is 0.494 e. The van der Waals surface area contributed by atoms with Crippen LogP contribution in [0.1, 0.15) is 57.1 Å². The molecule has 0 aromatic heterocycles. The Hall–Kier alpha value is -2.22. The Labute approximate surface area is 158 Å². The van der Waals surface area contributed by atoms with Crippen LogP contribution in [0.4, 0.5) is 5.69 Å². The van der Waals surface area contributed by atoms with Gasteiger partial charge in [0, 0.05) is 18.8 Å². The number of benzene rings is 2. The van der Waals surface area contributed by atoms with E-state index in [1.54, 1.807) is 0 Å². The van der Waals surface area contributed by atoms with Crippen molar-refractivity contribution < 1.29 is 4.74 Å². The van der Waals surface area contributed by atoms with Gasteiger partial charge in [-0.15, -0.1) is 0 Å². The van der Waals surface area contributed by atoms with Crippen molar-refractivity contribution >= 4 is 11.3 Å². The van der Waals surface area contributed by atoms with Crippen molar-refractivity contribution in [2.45, 2.75) is 46.0 Å². The van der Waals surface area contributed by atoms with Crippen LogP contribution in [0.15, 0.2) is 54.6 Å². The van der Waals surface area contributed by atoms with Gasteiger partial charge in [0.05, 0.1) is 6.61 Å². The Bertz CT molecular complexity index is 694. The highest BCUT2D eigenvalue weighted by molar-refractivity contribution is 5.80. The fourth-order valence-electron chi connectivity index (χ4n) is 3.57. The molecule has 0 atom stereocenters. The highest BCUT2D eigenvalue weighted by atomic mass is 16.5. The van der Waals surface area contributed by atoms with Gasteiger partial charge in [-0.05, 0) is 73.6 Å². The lowest BCUT2D eigenvalue weighted by atomic mass is 9.97. The lowest BCUT2D eigenvalue weighted by Gasteiger charge is -2.29. The molecule has 0 bridgehead atoms. The summed E-state index contributed by atoms with van der Waals surface area (Å²) in [5, 5.41) is 0. The first kappa shape index (κ1) is 18.6. The summed E-state index contributed by atoms with van der Waals surface area (Å²) in [6.07, 6.45) is 8.46. The van der Waals surface area contributed by atoms with Crippen LogP contribution in [-0.2, 0) is 0 Å². The van der Waals surface area contributed by atoms with Gasteiger partial charge in [-0.2, -0.15) is 0 Å². The first-order valence-corrected chi connectivity index (χ1v) is 10.1. The van der Waals surface area contributed by atoms with E-state index in [9.17, 15) is 0 Å². The smallest absolute Gasteiger partial charge is 0.119 e. The molecule has 26 heavy (non-hydrogen) atoms. The average molecular weight is 350 g/mol. The molecule has 2 aromatic rings. The number of hydrogen-bond donors (Lipinski definition) is 0. The molecule has 1 saturated heterocycles. The Balaban J connectivity index is 1.70. The van der Waals surface area contributed by atoms with Gasteiger partial charge in [-0.3, -0.25) is 0 Å². The van der Waals surface area contributed by atoms with Gasteiger partial charge in [0.1, 0.15) is 5.75 Å². The van der Waals surface area contributed by atoms with Gasteiger partial charge in [0.2, 0.25) is 0 Å². The molecular formula is C24H31NO. The molecule has 1 fully saturated rings. The molecule has 0 amide bonds. The number of rotatable bonds is 7. The molecule has 138 valence electrons. The minimum absolute atomic E-state index is 0.796. The van der Waals surface area contributed by atoms with Crippen LogP contribution in [0.25, 0.3) is 5.57 Å². The van der Waals surface area contributed by atoms with Gasteiger partial charge in [-0.1, -0.05) is 43.7 Å². The van der Waals surface area contributed by atoms with Crippen LogP contribution in [0, 0.1) is 0 Å². The molecule has 1 heterocycles. The standard InChI is InChI=1S/C24H31NO/c1-3-5-19-26-23-15-11-21(12-16-23)24(4-2)20-9-13-22(14-10-20)25-17-7-6-8-18-25/h4,9-16H,3,5-8,17-19H2,1-2H3/b24-4-. The second kappa shape index (κ2) is 9.47. The summed E-state index contributed by atoms with van der Waals surface area (Å²) in [5.74, 6) is 0.957. The minimum Gasteiger partial charge on any atom is -0.494 e. The number of nitrogens with zero attached hydrogens (tertiary/aromatic N) is 1. The van der Waals surface area contributed by atoms with E-state index >= 15 is 0 Å².